The summed E-state index contributed by atoms with van der Waals surface area (Å²) < 4.78 is 31.6. The summed E-state index contributed by atoms with van der Waals surface area (Å²) in [7, 11) is -4.67. The highest BCUT2D eigenvalue weighted by Crippen LogP contribution is 1.71. The number of rotatable bonds is 2. The molecule has 0 rings (SSSR count). The fraction of sp³-hybridized carbons (Fsp3) is 0.400. The van der Waals surface area contributed by atoms with Gasteiger partial charge in [-0.05, 0) is 6.92 Å². The Kier molecular flexibility index (Phi) is 8.67. The van der Waals surface area contributed by atoms with Crippen molar-refractivity contribution in [1.29, 1.82) is 0 Å². The molecular formula is C5H10O5S. The fourth-order valence-corrected chi connectivity index (χ4v) is 0.192. The molecule has 0 aromatic rings. The van der Waals surface area contributed by atoms with Gasteiger partial charge in [-0.25, -0.2) is 0 Å². The summed E-state index contributed by atoms with van der Waals surface area (Å²) in [6, 6.07) is 0. The van der Waals surface area contributed by atoms with E-state index in [1.54, 1.807) is 0 Å². The van der Waals surface area contributed by atoms with Crippen molar-refractivity contribution in [3.05, 3.63) is 12.2 Å². The Labute approximate surface area is 65.3 Å². The first-order valence-corrected chi connectivity index (χ1v) is 4.06. The molecule has 6 heteroatoms. The van der Waals surface area contributed by atoms with E-state index in [2.05, 4.69) is 0 Å². The monoisotopic (exact) mass is 182 g/mol. The minimum absolute atomic E-state index is 0.552. The van der Waals surface area contributed by atoms with Crippen LogP contribution < -0.4 is 0 Å². The molecular weight excluding hydrogens is 172 g/mol. The minimum Gasteiger partial charge on any atom is -0.303 e. The number of hydrogen-bond acceptors (Lipinski definition) is 3. The molecule has 0 radical (unpaired) electrons. The van der Waals surface area contributed by atoms with Crippen LogP contribution in [0.2, 0.25) is 0 Å². The zero-order valence-electron chi connectivity index (χ0n) is 5.97. The van der Waals surface area contributed by atoms with E-state index >= 15 is 0 Å². The Morgan fingerprint density at radius 1 is 1.36 bits per heavy atom. The maximum atomic E-state index is 9.51. The largest absolute Gasteiger partial charge is 0.394 e. The molecule has 0 aromatic heterocycles. The van der Waals surface area contributed by atoms with Crippen molar-refractivity contribution >= 4 is 16.7 Å². The average Bonchev–Trinajstić information content (AvgIpc) is 1.79. The number of carbonyl (C=O) groups excluding carboxylic acids is 1. The van der Waals surface area contributed by atoms with Gasteiger partial charge < -0.3 is 4.79 Å². The van der Waals surface area contributed by atoms with Gasteiger partial charge in [0.1, 0.15) is 6.29 Å². The highest BCUT2D eigenvalue weighted by molar-refractivity contribution is 7.79. The molecule has 2 N–H and O–H groups in total. The molecule has 0 aliphatic rings. The predicted molar refractivity (Wildman–Crippen MR) is 39.7 cm³/mol. The summed E-state index contributed by atoms with van der Waals surface area (Å²) in [5, 5.41) is 0. The Balaban J connectivity index is 0. The summed E-state index contributed by atoms with van der Waals surface area (Å²) in [6.45, 7) is 1.89. The van der Waals surface area contributed by atoms with Crippen molar-refractivity contribution in [3.63, 3.8) is 0 Å². The van der Waals surface area contributed by atoms with Crippen LogP contribution in [0.25, 0.3) is 0 Å². The summed E-state index contributed by atoms with van der Waals surface area (Å²) in [6.07, 6.45) is 5.10. The molecule has 66 valence electrons. The maximum Gasteiger partial charge on any atom is 0.394 e. The van der Waals surface area contributed by atoms with Crippen molar-refractivity contribution in [2.45, 2.75) is 13.3 Å². The molecule has 0 saturated heterocycles. The van der Waals surface area contributed by atoms with Crippen LogP contribution in [0.3, 0.4) is 0 Å². The molecule has 0 heterocycles. The van der Waals surface area contributed by atoms with E-state index in [1.807, 2.05) is 19.1 Å². The number of hydrogen-bond donors (Lipinski definition) is 2. The van der Waals surface area contributed by atoms with Crippen LogP contribution in [0.4, 0.5) is 0 Å². The summed E-state index contributed by atoms with van der Waals surface area (Å²) in [5.41, 5.74) is 0. The van der Waals surface area contributed by atoms with Crippen molar-refractivity contribution < 1.29 is 22.3 Å². The average molecular weight is 182 g/mol. The SMILES string of the molecule is CC=CCC=O.O=S(=O)(O)O. The van der Waals surface area contributed by atoms with Gasteiger partial charge in [0.2, 0.25) is 0 Å². The van der Waals surface area contributed by atoms with Gasteiger partial charge >= 0.3 is 10.4 Å². The van der Waals surface area contributed by atoms with Crippen LogP contribution in [0.1, 0.15) is 13.3 Å². The molecule has 0 bridgehead atoms. The topological polar surface area (TPSA) is 91.7 Å². The zero-order valence-corrected chi connectivity index (χ0v) is 6.78. The minimum atomic E-state index is -4.67. The Hall–Kier alpha value is -0.720. The summed E-state index contributed by atoms with van der Waals surface area (Å²) >= 11 is 0. The molecule has 0 aliphatic heterocycles. The van der Waals surface area contributed by atoms with Crippen LogP contribution in [0.5, 0.6) is 0 Å². The number of aldehydes is 1. The molecule has 5 nitrogen and oxygen atoms in total. The molecule has 0 atom stereocenters. The second kappa shape index (κ2) is 7.39. The summed E-state index contributed by atoms with van der Waals surface area (Å²) in [5.74, 6) is 0. The highest BCUT2D eigenvalue weighted by Gasteiger charge is 1.84. The van der Waals surface area contributed by atoms with Gasteiger partial charge in [-0.2, -0.15) is 8.42 Å². The maximum absolute atomic E-state index is 9.51. The molecule has 11 heavy (non-hydrogen) atoms. The Morgan fingerprint density at radius 2 is 1.73 bits per heavy atom. The summed E-state index contributed by atoms with van der Waals surface area (Å²) in [4.78, 5) is 9.51. The molecule has 0 fully saturated rings. The third-order valence-corrected chi connectivity index (χ3v) is 0.468. The van der Waals surface area contributed by atoms with Gasteiger partial charge in [-0.15, -0.1) is 0 Å². The number of allylic oxidation sites excluding steroid dienone is 2. The van der Waals surface area contributed by atoms with Gasteiger partial charge in [0.15, 0.2) is 0 Å². The van der Waals surface area contributed by atoms with Gasteiger partial charge in [-0.3, -0.25) is 9.11 Å². The number of carbonyl (C=O) groups is 1. The third kappa shape index (κ3) is 94.6. The van der Waals surface area contributed by atoms with E-state index in [4.69, 9.17) is 17.5 Å². The van der Waals surface area contributed by atoms with Crippen molar-refractivity contribution in [3.8, 4) is 0 Å². The first-order chi connectivity index (χ1) is 4.91. The second-order valence-corrected chi connectivity index (χ2v) is 2.31. The second-order valence-electron chi connectivity index (χ2n) is 1.42. The zero-order chi connectivity index (χ0) is 9.33. The normalized spacial score (nSPS) is 10.5. The van der Waals surface area contributed by atoms with Crippen LogP contribution in [0, 0.1) is 0 Å². The lowest BCUT2D eigenvalue weighted by molar-refractivity contribution is -0.107. The molecule has 0 saturated carbocycles. The van der Waals surface area contributed by atoms with Crippen LogP contribution in [-0.2, 0) is 15.2 Å². The van der Waals surface area contributed by atoms with Gasteiger partial charge in [0.05, 0.1) is 0 Å². The van der Waals surface area contributed by atoms with Gasteiger partial charge in [0, 0.05) is 6.42 Å². The lowest BCUT2D eigenvalue weighted by atomic mass is 10.4. The Bertz CT molecular complexity index is 195. The van der Waals surface area contributed by atoms with E-state index in [9.17, 15) is 4.79 Å². The van der Waals surface area contributed by atoms with Crippen LogP contribution in [0.15, 0.2) is 12.2 Å². The van der Waals surface area contributed by atoms with Crippen LogP contribution >= 0.6 is 0 Å². The molecule has 0 spiro atoms. The van der Waals surface area contributed by atoms with E-state index in [0.29, 0.717) is 6.42 Å². The third-order valence-electron chi connectivity index (χ3n) is 0.468. The Morgan fingerprint density at radius 3 is 1.82 bits per heavy atom. The molecule has 0 unspecified atom stereocenters. The lowest BCUT2D eigenvalue weighted by Gasteiger charge is -1.68. The van der Waals surface area contributed by atoms with Crippen molar-refractivity contribution in [1.82, 2.24) is 0 Å². The van der Waals surface area contributed by atoms with E-state index in [1.165, 1.54) is 0 Å². The standard InChI is InChI=1S/C5H8O.H2O4S/c1-2-3-4-5-6;1-5(2,3)4/h2-3,5H,4H2,1H3;(H2,1,2,3,4). The highest BCUT2D eigenvalue weighted by atomic mass is 32.3. The molecule has 0 aromatic carbocycles. The first-order valence-electron chi connectivity index (χ1n) is 2.66. The molecule has 0 amide bonds. The van der Waals surface area contributed by atoms with E-state index < -0.39 is 10.4 Å². The van der Waals surface area contributed by atoms with Crippen molar-refractivity contribution in [2.24, 2.45) is 0 Å². The fourth-order valence-electron chi connectivity index (χ4n) is 0.192. The van der Waals surface area contributed by atoms with Crippen LogP contribution in [-0.4, -0.2) is 23.8 Å². The molecule has 0 aliphatic carbocycles. The lowest BCUT2D eigenvalue weighted by Crippen LogP contribution is -1.89. The van der Waals surface area contributed by atoms with E-state index in [-0.39, 0.29) is 0 Å². The van der Waals surface area contributed by atoms with E-state index in [0.717, 1.165) is 6.29 Å². The smallest absolute Gasteiger partial charge is 0.303 e. The predicted octanol–water partition coefficient (Wildman–Crippen LogP) is 0.499. The van der Waals surface area contributed by atoms with Gasteiger partial charge in [-0.1, -0.05) is 12.2 Å². The van der Waals surface area contributed by atoms with Gasteiger partial charge in [0.25, 0.3) is 0 Å². The van der Waals surface area contributed by atoms with Crippen molar-refractivity contribution in [2.75, 3.05) is 0 Å². The first kappa shape index (κ1) is 12.9. The quantitative estimate of drug-likeness (QED) is 0.368.